The number of carbonyl (C=O) groups excluding carboxylic acids is 1. The number of rotatable bonds is 3. The number of nitrogens with zero attached hydrogens (tertiary/aromatic N) is 1. The summed E-state index contributed by atoms with van der Waals surface area (Å²) in [5.74, 6) is -0.277. The Balaban J connectivity index is 2.53. The van der Waals surface area contributed by atoms with E-state index < -0.39 is 6.10 Å². The minimum Gasteiger partial charge on any atom is -0.391 e. The van der Waals surface area contributed by atoms with E-state index in [4.69, 9.17) is 0 Å². The van der Waals surface area contributed by atoms with Gasteiger partial charge in [0.05, 0.1) is 6.10 Å². The Morgan fingerprint density at radius 3 is 2.65 bits per heavy atom. The van der Waals surface area contributed by atoms with Crippen molar-refractivity contribution in [1.29, 1.82) is 0 Å². The van der Waals surface area contributed by atoms with Crippen molar-refractivity contribution >= 4 is 21.8 Å². The number of hydrogen-bond donors (Lipinski definition) is 2. The standard InChI is InChI=1S/C12H17BrN2O2/c1-12(2,3)10(16)7-15-11(17)9-5-4-8(13)6-14-9/h4-6,10,16H,7H2,1-3H3,(H,15,17). The summed E-state index contributed by atoms with van der Waals surface area (Å²) in [7, 11) is 0. The van der Waals surface area contributed by atoms with Crippen molar-refractivity contribution in [2.45, 2.75) is 26.9 Å². The second-order valence-electron chi connectivity index (χ2n) is 4.95. The van der Waals surface area contributed by atoms with E-state index in [1.165, 1.54) is 0 Å². The highest BCUT2D eigenvalue weighted by Crippen LogP contribution is 2.18. The van der Waals surface area contributed by atoms with Gasteiger partial charge in [-0.2, -0.15) is 0 Å². The van der Waals surface area contributed by atoms with Crippen LogP contribution in [0.4, 0.5) is 0 Å². The summed E-state index contributed by atoms with van der Waals surface area (Å²) >= 11 is 3.25. The number of aliphatic hydroxyl groups is 1. The van der Waals surface area contributed by atoms with Gasteiger partial charge in [0.25, 0.3) is 5.91 Å². The molecular formula is C12H17BrN2O2. The topological polar surface area (TPSA) is 62.2 Å². The highest BCUT2D eigenvalue weighted by Gasteiger charge is 2.22. The SMILES string of the molecule is CC(C)(C)C(O)CNC(=O)c1ccc(Br)cn1. The van der Waals surface area contributed by atoms with Crippen LogP contribution in [0.5, 0.6) is 0 Å². The molecular weight excluding hydrogens is 284 g/mol. The zero-order valence-electron chi connectivity index (χ0n) is 10.2. The smallest absolute Gasteiger partial charge is 0.269 e. The molecule has 1 rings (SSSR count). The van der Waals surface area contributed by atoms with E-state index in [0.29, 0.717) is 5.69 Å². The Hall–Kier alpha value is -0.940. The molecule has 0 radical (unpaired) electrons. The molecule has 0 aromatic carbocycles. The molecule has 1 aromatic heterocycles. The maximum atomic E-state index is 11.7. The fourth-order valence-electron chi connectivity index (χ4n) is 1.10. The Morgan fingerprint density at radius 2 is 2.18 bits per heavy atom. The lowest BCUT2D eigenvalue weighted by Gasteiger charge is -2.25. The number of amides is 1. The number of hydrogen-bond acceptors (Lipinski definition) is 3. The van der Waals surface area contributed by atoms with E-state index in [1.807, 2.05) is 20.8 Å². The van der Waals surface area contributed by atoms with Crippen molar-refractivity contribution < 1.29 is 9.90 Å². The molecule has 0 saturated heterocycles. The molecule has 0 aliphatic rings. The van der Waals surface area contributed by atoms with Gasteiger partial charge in [0, 0.05) is 17.2 Å². The minimum absolute atomic E-state index is 0.222. The average Bonchev–Trinajstić information content (AvgIpc) is 2.25. The van der Waals surface area contributed by atoms with Gasteiger partial charge < -0.3 is 10.4 Å². The molecule has 17 heavy (non-hydrogen) atoms. The fraction of sp³-hybridized carbons (Fsp3) is 0.500. The maximum Gasteiger partial charge on any atom is 0.269 e. The fourth-order valence-corrected chi connectivity index (χ4v) is 1.33. The highest BCUT2D eigenvalue weighted by atomic mass is 79.9. The van der Waals surface area contributed by atoms with Crippen molar-refractivity contribution in [1.82, 2.24) is 10.3 Å². The van der Waals surface area contributed by atoms with Crippen molar-refractivity contribution in [3.8, 4) is 0 Å². The summed E-state index contributed by atoms with van der Waals surface area (Å²) in [6.07, 6.45) is 0.983. The third-order valence-electron chi connectivity index (χ3n) is 2.42. The molecule has 0 aliphatic carbocycles. The first-order valence-corrected chi connectivity index (χ1v) is 6.18. The summed E-state index contributed by atoms with van der Waals surface area (Å²) in [6.45, 7) is 5.98. The quantitative estimate of drug-likeness (QED) is 0.897. The summed E-state index contributed by atoms with van der Waals surface area (Å²) in [5.41, 5.74) is 0.0924. The van der Waals surface area contributed by atoms with Gasteiger partial charge in [-0.3, -0.25) is 4.79 Å². The van der Waals surface area contributed by atoms with Crippen LogP contribution < -0.4 is 5.32 Å². The van der Waals surface area contributed by atoms with Crippen LogP contribution in [-0.2, 0) is 0 Å². The number of aliphatic hydroxyl groups excluding tert-OH is 1. The molecule has 0 bridgehead atoms. The molecule has 0 aliphatic heterocycles. The highest BCUT2D eigenvalue weighted by molar-refractivity contribution is 9.10. The van der Waals surface area contributed by atoms with Crippen LogP contribution in [0.15, 0.2) is 22.8 Å². The van der Waals surface area contributed by atoms with Gasteiger partial charge in [-0.1, -0.05) is 20.8 Å². The van der Waals surface area contributed by atoms with E-state index in [0.717, 1.165) is 4.47 Å². The lowest BCUT2D eigenvalue weighted by Crippen LogP contribution is -2.39. The molecule has 1 atom stereocenters. The van der Waals surface area contributed by atoms with Gasteiger partial charge in [-0.05, 0) is 33.5 Å². The molecule has 1 unspecified atom stereocenters. The predicted molar refractivity (Wildman–Crippen MR) is 69.7 cm³/mol. The lowest BCUT2D eigenvalue weighted by molar-refractivity contribution is 0.0585. The first kappa shape index (κ1) is 14.1. The minimum atomic E-state index is -0.582. The lowest BCUT2D eigenvalue weighted by atomic mass is 9.89. The van der Waals surface area contributed by atoms with Gasteiger partial charge in [-0.25, -0.2) is 4.98 Å². The Kier molecular flexibility index (Phi) is 4.65. The molecule has 0 fully saturated rings. The van der Waals surface area contributed by atoms with E-state index in [-0.39, 0.29) is 17.9 Å². The number of aromatic nitrogens is 1. The van der Waals surface area contributed by atoms with E-state index in [2.05, 4.69) is 26.2 Å². The maximum absolute atomic E-state index is 11.7. The predicted octanol–water partition coefficient (Wildman–Crippen LogP) is 1.98. The number of halogens is 1. The van der Waals surface area contributed by atoms with Crippen LogP contribution in [0, 0.1) is 5.41 Å². The van der Waals surface area contributed by atoms with Crippen molar-refractivity contribution in [2.75, 3.05) is 6.54 Å². The van der Waals surface area contributed by atoms with Gasteiger partial charge in [0.2, 0.25) is 0 Å². The average molecular weight is 301 g/mol. The largest absolute Gasteiger partial charge is 0.391 e. The van der Waals surface area contributed by atoms with Crippen molar-refractivity contribution in [3.05, 3.63) is 28.5 Å². The zero-order valence-corrected chi connectivity index (χ0v) is 11.8. The van der Waals surface area contributed by atoms with Crippen molar-refractivity contribution in [2.24, 2.45) is 5.41 Å². The number of pyridine rings is 1. The van der Waals surface area contributed by atoms with Crippen LogP contribution in [0.3, 0.4) is 0 Å². The Bertz CT molecular complexity index is 384. The molecule has 94 valence electrons. The van der Waals surface area contributed by atoms with Crippen molar-refractivity contribution in [3.63, 3.8) is 0 Å². The van der Waals surface area contributed by atoms with Crippen LogP contribution in [-0.4, -0.2) is 28.6 Å². The van der Waals surface area contributed by atoms with Crippen LogP contribution in [0.2, 0.25) is 0 Å². The Morgan fingerprint density at radius 1 is 1.53 bits per heavy atom. The molecule has 5 heteroatoms. The van der Waals surface area contributed by atoms with E-state index in [9.17, 15) is 9.90 Å². The Labute approximate surface area is 110 Å². The first-order chi connectivity index (χ1) is 7.80. The third-order valence-corrected chi connectivity index (χ3v) is 2.88. The molecule has 1 amide bonds. The van der Waals surface area contributed by atoms with Gasteiger partial charge in [-0.15, -0.1) is 0 Å². The second-order valence-corrected chi connectivity index (χ2v) is 5.87. The van der Waals surface area contributed by atoms with Crippen LogP contribution in [0.1, 0.15) is 31.3 Å². The van der Waals surface area contributed by atoms with Crippen LogP contribution in [0.25, 0.3) is 0 Å². The molecule has 1 heterocycles. The van der Waals surface area contributed by atoms with Gasteiger partial charge >= 0.3 is 0 Å². The summed E-state index contributed by atoms with van der Waals surface area (Å²) in [5, 5.41) is 12.4. The normalized spacial score (nSPS) is 13.2. The van der Waals surface area contributed by atoms with E-state index >= 15 is 0 Å². The first-order valence-electron chi connectivity index (χ1n) is 5.38. The zero-order chi connectivity index (χ0) is 13.1. The monoisotopic (exact) mass is 300 g/mol. The number of carbonyl (C=O) groups is 1. The third kappa shape index (κ3) is 4.44. The molecule has 4 nitrogen and oxygen atoms in total. The molecule has 2 N–H and O–H groups in total. The summed E-state index contributed by atoms with van der Waals surface area (Å²) in [6, 6.07) is 3.38. The van der Waals surface area contributed by atoms with Crippen LogP contribution >= 0.6 is 15.9 Å². The molecule has 0 spiro atoms. The summed E-state index contributed by atoms with van der Waals surface area (Å²) in [4.78, 5) is 15.7. The van der Waals surface area contributed by atoms with Gasteiger partial charge in [0.15, 0.2) is 0 Å². The summed E-state index contributed by atoms with van der Waals surface area (Å²) < 4.78 is 0.823. The van der Waals surface area contributed by atoms with E-state index in [1.54, 1.807) is 18.3 Å². The molecule has 1 aromatic rings. The second kappa shape index (κ2) is 5.60. The molecule has 0 saturated carbocycles. The van der Waals surface area contributed by atoms with Gasteiger partial charge in [0.1, 0.15) is 5.69 Å². The number of nitrogens with one attached hydrogen (secondary N) is 1.